The monoisotopic (exact) mass is 422 g/mol. The molecule has 0 atom stereocenters. The van der Waals surface area contributed by atoms with Crippen LogP contribution in [0.25, 0.3) is 17.1 Å². The Morgan fingerprint density at radius 1 is 1.20 bits per heavy atom. The van der Waals surface area contributed by atoms with Gasteiger partial charge in [0.1, 0.15) is 17.4 Å². The summed E-state index contributed by atoms with van der Waals surface area (Å²) in [5.74, 6) is 0.614. The molecule has 0 fully saturated rings. The van der Waals surface area contributed by atoms with Gasteiger partial charge >= 0.3 is 0 Å². The third-order valence-electron chi connectivity index (χ3n) is 4.72. The Bertz CT molecular complexity index is 1220. The number of rotatable bonds is 5. The Hall–Kier alpha value is -3.52. The minimum absolute atomic E-state index is 0.266. The molecule has 0 unspecified atom stereocenters. The maximum Gasteiger partial charge on any atom is 0.259 e. The van der Waals surface area contributed by atoms with E-state index in [1.165, 1.54) is 30.6 Å². The van der Waals surface area contributed by atoms with Gasteiger partial charge in [0.15, 0.2) is 5.13 Å². The van der Waals surface area contributed by atoms with E-state index in [9.17, 15) is 9.18 Å². The Kier molecular flexibility index (Phi) is 5.33. The van der Waals surface area contributed by atoms with Crippen LogP contribution < -0.4 is 10.1 Å². The number of nitrogens with zero attached hydrogens (tertiary/aromatic N) is 3. The van der Waals surface area contributed by atoms with Gasteiger partial charge in [-0.3, -0.25) is 10.1 Å². The number of halogens is 1. The fraction of sp³-hybridized carbons (Fsp3) is 0.136. The molecule has 0 saturated carbocycles. The van der Waals surface area contributed by atoms with Crippen molar-refractivity contribution in [2.24, 2.45) is 0 Å². The molecule has 0 saturated heterocycles. The normalized spacial score (nSPS) is 10.8. The summed E-state index contributed by atoms with van der Waals surface area (Å²) in [5.41, 5.74) is 3.29. The molecule has 0 aliphatic rings. The van der Waals surface area contributed by atoms with Gasteiger partial charge in [-0.1, -0.05) is 6.07 Å². The first-order valence-electron chi connectivity index (χ1n) is 9.19. The number of thiazole rings is 1. The highest BCUT2D eigenvalue weighted by Crippen LogP contribution is 2.33. The first-order chi connectivity index (χ1) is 14.5. The molecule has 30 heavy (non-hydrogen) atoms. The average molecular weight is 422 g/mol. The van der Waals surface area contributed by atoms with E-state index in [2.05, 4.69) is 15.3 Å². The molecule has 3 aromatic heterocycles. The first-order valence-corrected chi connectivity index (χ1v) is 10.1. The molecular formula is C22H19FN4O2S. The summed E-state index contributed by atoms with van der Waals surface area (Å²) >= 11 is 1.27. The summed E-state index contributed by atoms with van der Waals surface area (Å²) in [7, 11) is 1.52. The molecular weight excluding hydrogens is 403 g/mol. The van der Waals surface area contributed by atoms with E-state index in [1.807, 2.05) is 42.7 Å². The van der Waals surface area contributed by atoms with Gasteiger partial charge in [0.2, 0.25) is 0 Å². The largest absolute Gasteiger partial charge is 0.496 e. The summed E-state index contributed by atoms with van der Waals surface area (Å²) in [5, 5.41) is 5.01. The predicted octanol–water partition coefficient (Wildman–Crippen LogP) is 5.01. The third kappa shape index (κ3) is 3.69. The van der Waals surface area contributed by atoms with Crippen molar-refractivity contribution >= 4 is 22.4 Å². The Balaban J connectivity index is 1.60. The standard InChI is InChI=1S/C22H19FN4O2S/c1-13-10-16(14(2)27(13)20-6-4-5-9-24-20)21(28)26-22-25-18(12-30-22)17-11-15(23)7-8-19(17)29-3/h4-12H,1-3H3,(H,25,26,28). The molecule has 8 heteroatoms. The topological polar surface area (TPSA) is 69.0 Å². The summed E-state index contributed by atoms with van der Waals surface area (Å²) in [6, 6.07) is 11.7. The summed E-state index contributed by atoms with van der Waals surface area (Å²) in [6.07, 6.45) is 1.71. The number of hydrogen-bond acceptors (Lipinski definition) is 5. The van der Waals surface area contributed by atoms with Crippen molar-refractivity contribution in [3.05, 3.63) is 76.8 Å². The zero-order chi connectivity index (χ0) is 21.3. The van der Waals surface area contributed by atoms with Gasteiger partial charge < -0.3 is 9.30 Å². The molecule has 0 aliphatic heterocycles. The summed E-state index contributed by atoms with van der Waals surface area (Å²) < 4.78 is 20.9. The molecule has 152 valence electrons. The Morgan fingerprint density at radius 3 is 2.77 bits per heavy atom. The molecule has 3 heterocycles. The van der Waals surface area contributed by atoms with Crippen molar-refractivity contribution in [2.75, 3.05) is 12.4 Å². The van der Waals surface area contributed by atoms with Crippen molar-refractivity contribution in [1.82, 2.24) is 14.5 Å². The number of anilines is 1. The Morgan fingerprint density at radius 2 is 2.03 bits per heavy atom. The van der Waals surface area contributed by atoms with Gasteiger partial charge in [-0.2, -0.15) is 0 Å². The van der Waals surface area contributed by atoms with Crippen molar-refractivity contribution in [1.29, 1.82) is 0 Å². The molecule has 0 spiro atoms. The maximum absolute atomic E-state index is 13.7. The van der Waals surface area contributed by atoms with Gasteiger partial charge in [0, 0.05) is 28.5 Å². The second-order valence-corrected chi connectivity index (χ2v) is 7.50. The number of aromatic nitrogens is 3. The molecule has 0 bridgehead atoms. The number of carbonyl (C=O) groups is 1. The molecule has 1 aromatic carbocycles. The summed E-state index contributed by atoms with van der Waals surface area (Å²) in [4.78, 5) is 21.7. The van der Waals surface area contributed by atoms with Crippen LogP contribution in [-0.2, 0) is 0 Å². The van der Waals surface area contributed by atoms with Crippen LogP contribution in [0.15, 0.2) is 54.0 Å². The van der Waals surface area contributed by atoms with Gasteiger partial charge in [-0.05, 0) is 50.2 Å². The van der Waals surface area contributed by atoms with Crippen LogP contribution in [0.4, 0.5) is 9.52 Å². The molecule has 1 amide bonds. The van der Waals surface area contributed by atoms with Crippen LogP contribution in [0.3, 0.4) is 0 Å². The number of amides is 1. The van der Waals surface area contributed by atoms with E-state index in [0.717, 1.165) is 17.2 Å². The van der Waals surface area contributed by atoms with Crippen molar-refractivity contribution in [3.63, 3.8) is 0 Å². The van der Waals surface area contributed by atoms with Gasteiger partial charge in [0.25, 0.3) is 5.91 Å². The van der Waals surface area contributed by atoms with Crippen LogP contribution in [0, 0.1) is 19.7 Å². The number of carbonyl (C=O) groups excluding carboxylic acids is 1. The third-order valence-corrected chi connectivity index (χ3v) is 5.47. The van der Waals surface area contributed by atoms with Crippen LogP contribution in [0.2, 0.25) is 0 Å². The van der Waals surface area contributed by atoms with E-state index in [1.54, 1.807) is 17.6 Å². The van der Waals surface area contributed by atoms with Gasteiger partial charge in [-0.25, -0.2) is 14.4 Å². The van der Waals surface area contributed by atoms with Gasteiger partial charge in [0.05, 0.1) is 18.4 Å². The molecule has 1 N–H and O–H groups in total. The van der Waals surface area contributed by atoms with Crippen LogP contribution in [0.5, 0.6) is 5.75 Å². The van der Waals surface area contributed by atoms with Crippen molar-refractivity contribution < 1.29 is 13.9 Å². The van der Waals surface area contributed by atoms with Crippen LogP contribution in [0.1, 0.15) is 21.7 Å². The minimum atomic E-state index is -0.383. The summed E-state index contributed by atoms with van der Waals surface area (Å²) in [6.45, 7) is 3.80. The van der Waals surface area contributed by atoms with Crippen LogP contribution in [-0.4, -0.2) is 27.6 Å². The van der Waals surface area contributed by atoms with Gasteiger partial charge in [-0.15, -0.1) is 11.3 Å². The molecule has 4 aromatic rings. The fourth-order valence-corrected chi connectivity index (χ4v) is 4.04. The van der Waals surface area contributed by atoms with E-state index in [4.69, 9.17) is 4.74 Å². The lowest BCUT2D eigenvalue weighted by Gasteiger charge is -2.08. The smallest absolute Gasteiger partial charge is 0.259 e. The second-order valence-electron chi connectivity index (χ2n) is 6.64. The van der Waals surface area contributed by atoms with E-state index in [0.29, 0.717) is 27.7 Å². The number of ether oxygens (including phenoxy) is 1. The lowest BCUT2D eigenvalue weighted by molar-refractivity contribution is 0.102. The van der Waals surface area contributed by atoms with Crippen molar-refractivity contribution in [2.45, 2.75) is 13.8 Å². The Labute approximate surface area is 177 Å². The fourth-order valence-electron chi connectivity index (χ4n) is 3.33. The quantitative estimate of drug-likeness (QED) is 0.491. The molecule has 0 radical (unpaired) electrons. The number of methoxy groups -OCH3 is 1. The SMILES string of the molecule is COc1ccc(F)cc1-c1csc(NC(=O)c2cc(C)n(-c3ccccn3)c2C)n1. The molecule has 4 rings (SSSR count). The highest BCUT2D eigenvalue weighted by atomic mass is 32.1. The highest BCUT2D eigenvalue weighted by Gasteiger charge is 2.19. The first kappa shape index (κ1) is 19.8. The van der Waals surface area contributed by atoms with Crippen LogP contribution >= 0.6 is 11.3 Å². The zero-order valence-electron chi connectivity index (χ0n) is 16.6. The predicted molar refractivity (Wildman–Crippen MR) is 115 cm³/mol. The number of nitrogens with one attached hydrogen (secondary N) is 1. The maximum atomic E-state index is 13.7. The number of pyridine rings is 1. The number of aryl methyl sites for hydroxylation is 1. The number of hydrogen-bond donors (Lipinski definition) is 1. The second kappa shape index (κ2) is 8.08. The lowest BCUT2D eigenvalue weighted by atomic mass is 10.1. The average Bonchev–Trinajstić information content (AvgIpc) is 3.32. The van der Waals surface area contributed by atoms with Crippen molar-refractivity contribution in [3.8, 4) is 22.8 Å². The molecule has 6 nitrogen and oxygen atoms in total. The number of benzene rings is 1. The van der Waals surface area contributed by atoms with E-state index in [-0.39, 0.29) is 11.7 Å². The zero-order valence-corrected chi connectivity index (χ0v) is 17.5. The van der Waals surface area contributed by atoms with E-state index < -0.39 is 0 Å². The lowest BCUT2D eigenvalue weighted by Crippen LogP contribution is -2.13. The highest BCUT2D eigenvalue weighted by molar-refractivity contribution is 7.14. The molecule has 0 aliphatic carbocycles. The van der Waals surface area contributed by atoms with E-state index >= 15 is 0 Å². The minimum Gasteiger partial charge on any atom is -0.496 e.